The summed E-state index contributed by atoms with van der Waals surface area (Å²) in [5.41, 5.74) is 0. The molecule has 0 bridgehead atoms. The summed E-state index contributed by atoms with van der Waals surface area (Å²) >= 11 is 0.0761. The van der Waals surface area contributed by atoms with Crippen LogP contribution in [0.4, 0.5) is 0 Å². The minimum absolute atomic E-state index is 0.0441. The summed E-state index contributed by atoms with van der Waals surface area (Å²) in [7, 11) is 0. The Balaban J connectivity index is 2.09. The van der Waals surface area contributed by atoms with Crippen LogP contribution in [0.1, 0.15) is 19.8 Å². The third-order valence-corrected chi connectivity index (χ3v) is 5.67. The number of carbonyl (C=O) groups is 1. The van der Waals surface area contributed by atoms with Gasteiger partial charge in [-0.3, -0.25) is 0 Å². The van der Waals surface area contributed by atoms with Crippen molar-refractivity contribution in [1.82, 2.24) is 0 Å². The van der Waals surface area contributed by atoms with Crippen LogP contribution in [-0.2, 0) is 9.53 Å². The summed E-state index contributed by atoms with van der Waals surface area (Å²) in [4.78, 5) is 11.4. The van der Waals surface area contributed by atoms with Crippen LogP contribution >= 0.6 is 0 Å². The standard InChI is InChI=1S/C13H16O3Se/c1-2-6-10-12(11(14)13(15)16-10)17-9-7-4-3-5-8-9/h3-5,7-8,10-12,14H,2,6H2,1H3/t10-,11-,12+/m0/s1. The number of carbonyl (C=O) groups excluding carboxylic acids is 1. The summed E-state index contributed by atoms with van der Waals surface area (Å²) in [5, 5.41) is 9.86. The average molecular weight is 299 g/mol. The van der Waals surface area contributed by atoms with Gasteiger partial charge in [0.05, 0.1) is 0 Å². The van der Waals surface area contributed by atoms with Gasteiger partial charge in [-0.25, -0.2) is 0 Å². The van der Waals surface area contributed by atoms with Gasteiger partial charge in [0.15, 0.2) is 0 Å². The van der Waals surface area contributed by atoms with E-state index in [4.69, 9.17) is 4.74 Å². The topological polar surface area (TPSA) is 46.5 Å². The molecule has 1 aliphatic heterocycles. The van der Waals surface area contributed by atoms with Crippen LogP contribution in [0, 0.1) is 0 Å². The monoisotopic (exact) mass is 300 g/mol. The number of benzene rings is 1. The number of ether oxygens (including phenoxy) is 1. The Bertz CT molecular complexity index is 380. The summed E-state index contributed by atoms with van der Waals surface area (Å²) in [6, 6.07) is 10.0. The summed E-state index contributed by atoms with van der Waals surface area (Å²) in [6.45, 7) is 2.06. The Morgan fingerprint density at radius 1 is 1.35 bits per heavy atom. The average Bonchev–Trinajstić information content (AvgIpc) is 2.59. The molecule has 0 saturated carbocycles. The molecule has 0 aromatic heterocycles. The van der Waals surface area contributed by atoms with Crippen molar-refractivity contribution in [2.45, 2.75) is 36.8 Å². The quantitative estimate of drug-likeness (QED) is 0.663. The number of cyclic esters (lactones) is 1. The van der Waals surface area contributed by atoms with Crippen molar-refractivity contribution in [3.63, 3.8) is 0 Å². The van der Waals surface area contributed by atoms with Gasteiger partial charge in [-0.15, -0.1) is 0 Å². The van der Waals surface area contributed by atoms with Crippen molar-refractivity contribution in [3.05, 3.63) is 30.3 Å². The van der Waals surface area contributed by atoms with Crippen molar-refractivity contribution in [1.29, 1.82) is 0 Å². The van der Waals surface area contributed by atoms with Gasteiger partial charge in [0.2, 0.25) is 0 Å². The Morgan fingerprint density at radius 2 is 2.06 bits per heavy atom. The number of aliphatic hydroxyl groups excluding tert-OH is 1. The van der Waals surface area contributed by atoms with Crippen LogP contribution in [0.25, 0.3) is 0 Å². The fraction of sp³-hybridized carbons (Fsp3) is 0.462. The van der Waals surface area contributed by atoms with Gasteiger partial charge in [0.1, 0.15) is 0 Å². The molecule has 0 spiro atoms. The van der Waals surface area contributed by atoms with E-state index in [-0.39, 0.29) is 25.9 Å². The van der Waals surface area contributed by atoms with E-state index in [1.807, 2.05) is 30.3 Å². The number of hydrogen-bond donors (Lipinski definition) is 1. The fourth-order valence-corrected chi connectivity index (χ4v) is 4.47. The number of hydrogen-bond acceptors (Lipinski definition) is 3. The molecule has 1 fully saturated rings. The van der Waals surface area contributed by atoms with Gasteiger partial charge in [0.25, 0.3) is 0 Å². The van der Waals surface area contributed by atoms with Crippen LogP contribution in [0.3, 0.4) is 0 Å². The van der Waals surface area contributed by atoms with Crippen molar-refractivity contribution in [2.24, 2.45) is 0 Å². The predicted octanol–water partition coefficient (Wildman–Crippen LogP) is 0.891. The molecule has 0 amide bonds. The van der Waals surface area contributed by atoms with Crippen LogP contribution in [0.5, 0.6) is 0 Å². The summed E-state index contributed by atoms with van der Waals surface area (Å²) < 4.78 is 6.42. The predicted molar refractivity (Wildman–Crippen MR) is 66.4 cm³/mol. The molecule has 1 aromatic carbocycles. The summed E-state index contributed by atoms with van der Waals surface area (Å²) in [5.74, 6) is -0.453. The normalized spacial score (nSPS) is 28.1. The first kappa shape index (κ1) is 12.6. The molecule has 1 heterocycles. The van der Waals surface area contributed by atoms with Gasteiger partial charge in [-0.05, 0) is 0 Å². The van der Waals surface area contributed by atoms with E-state index >= 15 is 0 Å². The van der Waals surface area contributed by atoms with E-state index in [1.165, 1.54) is 4.46 Å². The van der Waals surface area contributed by atoms with E-state index in [1.54, 1.807) is 0 Å². The molecule has 1 saturated heterocycles. The van der Waals surface area contributed by atoms with E-state index in [9.17, 15) is 9.90 Å². The summed E-state index contributed by atoms with van der Waals surface area (Å²) in [6.07, 6.45) is 0.753. The molecule has 0 unspecified atom stereocenters. The second kappa shape index (κ2) is 5.67. The van der Waals surface area contributed by atoms with E-state index in [0.29, 0.717) is 0 Å². The Hall–Kier alpha value is -0.831. The molecule has 4 heteroatoms. The second-order valence-electron chi connectivity index (χ2n) is 4.10. The SMILES string of the molecule is CCC[C@@H]1OC(=O)[C@@H](O)[C@@H]1[Se]c1ccccc1. The van der Waals surface area contributed by atoms with Crippen molar-refractivity contribution in [2.75, 3.05) is 0 Å². The first-order chi connectivity index (χ1) is 8.22. The van der Waals surface area contributed by atoms with Crippen LogP contribution < -0.4 is 4.46 Å². The number of aliphatic hydroxyl groups is 1. The molecule has 1 aliphatic rings. The molecular weight excluding hydrogens is 283 g/mol. The molecule has 92 valence electrons. The van der Waals surface area contributed by atoms with Gasteiger partial charge >= 0.3 is 107 Å². The third kappa shape index (κ3) is 2.89. The Kier molecular flexibility index (Phi) is 4.21. The molecule has 2 rings (SSSR count). The van der Waals surface area contributed by atoms with Crippen LogP contribution in [0.2, 0.25) is 4.82 Å². The van der Waals surface area contributed by atoms with E-state index in [2.05, 4.69) is 6.92 Å². The number of esters is 1. The molecule has 1 N–H and O–H groups in total. The molecular formula is C13H16O3Se. The zero-order chi connectivity index (χ0) is 12.3. The van der Waals surface area contributed by atoms with Gasteiger partial charge in [-0.1, -0.05) is 0 Å². The Labute approximate surface area is 107 Å². The first-order valence-electron chi connectivity index (χ1n) is 5.82. The molecule has 1 aromatic rings. The van der Waals surface area contributed by atoms with E-state index in [0.717, 1.165) is 12.8 Å². The molecule has 0 radical (unpaired) electrons. The van der Waals surface area contributed by atoms with Gasteiger partial charge < -0.3 is 0 Å². The van der Waals surface area contributed by atoms with Crippen LogP contribution in [-0.4, -0.2) is 38.2 Å². The molecule has 0 aliphatic carbocycles. The molecule has 3 nitrogen and oxygen atoms in total. The van der Waals surface area contributed by atoms with Gasteiger partial charge in [-0.2, -0.15) is 0 Å². The van der Waals surface area contributed by atoms with Crippen molar-refractivity contribution < 1.29 is 14.6 Å². The van der Waals surface area contributed by atoms with Crippen LogP contribution in [0.15, 0.2) is 30.3 Å². The number of rotatable bonds is 4. The maximum atomic E-state index is 11.4. The first-order valence-corrected chi connectivity index (χ1v) is 7.67. The zero-order valence-electron chi connectivity index (χ0n) is 9.70. The van der Waals surface area contributed by atoms with Crippen molar-refractivity contribution >= 4 is 25.4 Å². The van der Waals surface area contributed by atoms with Gasteiger partial charge in [0, 0.05) is 0 Å². The zero-order valence-corrected chi connectivity index (χ0v) is 11.4. The van der Waals surface area contributed by atoms with Crippen molar-refractivity contribution in [3.8, 4) is 0 Å². The fourth-order valence-electron chi connectivity index (χ4n) is 1.93. The second-order valence-corrected chi connectivity index (χ2v) is 6.73. The Morgan fingerprint density at radius 3 is 2.71 bits per heavy atom. The van der Waals surface area contributed by atoms with E-state index < -0.39 is 12.1 Å². The molecule has 3 atom stereocenters. The molecule has 17 heavy (non-hydrogen) atoms. The maximum absolute atomic E-state index is 11.4. The minimum atomic E-state index is -0.938. The third-order valence-electron chi connectivity index (χ3n) is 2.78.